The van der Waals surface area contributed by atoms with Crippen LogP contribution in [0.3, 0.4) is 0 Å². The Labute approximate surface area is 173 Å². The highest BCUT2D eigenvalue weighted by Gasteiger charge is 2.22. The first kappa shape index (κ1) is 21.3. The van der Waals surface area contributed by atoms with Crippen LogP contribution in [0.1, 0.15) is 11.1 Å². The van der Waals surface area contributed by atoms with Gasteiger partial charge in [0.1, 0.15) is 17.4 Å². The Balaban J connectivity index is 1.80. The van der Waals surface area contributed by atoms with E-state index in [-0.39, 0.29) is 24.2 Å². The number of phenolic OH excluding ortho intramolecular Hbond substituents is 2. The Kier molecular flexibility index (Phi) is 5.86. The van der Waals surface area contributed by atoms with Gasteiger partial charge in [-0.3, -0.25) is 19.7 Å². The molecule has 0 saturated heterocycles. The van der Waals surface area contributed by atoms with Gasteiger partial charge in [-0.05, 0) is 29.3 Å². The summed E-state index contributed by atoms with van der Waals surface area (Å²) in [4.78, 5) is 46.3. The predicted molar refractivity (Wildman–Crippen MR) is 107 cm³/mol. The maximum absolute atomic E-state index is 12.5. The summed E-state index contributed by atoms with van der Waals surface area (Å²) in [5.74, 6) is -2.15. The molecule has 2 aromatic carbocycles. The fourth-order valence-electron chi connectivity index (χ4n) is 3.08. The molecule has 0 aliphatic rings. The number of benzene rings is 2. The van der Waals surface area contributed by atoms with E-state index >= 15 is 0 Å². The number of nitrogens with zero attached hydrogens (tertiary/aromatic N) is 1. The molecule has 0 aliphatic heterocycles. The molecule has 0 fully saturated rings. The third kappa shape index (κ3) is 4.96. The number of hydrogen-bond acceptors (Lipinski definition) is 8. The summed E-state index contributed by atoms with van der Waals surface area (Å²) in [6.07, 6.45) is -0.430. The van der Waals surface area contributed by atoms with Crippen molar-refractivity contribution < 1.29 is 29.1 Å². The molecule has 3 aromatic rings. The lowest BCUT2D eigenvalue weighted by atomic mass is 10.0. The molecule has 0 aliphatic carbocycles. The fraction of sp³-hybridized carbons (Fsp3) is 0.150. The minimum atomic E-state index is -1.19. The van der Waals surface area contributed by atoms with Crippen LogP contribution in [0.15, 0.2) is 51.7 Å². The van der Waals surface area contributed by atoms with Gasteiger partial charge in [0.25, 0.3) is 0 Å². The second-order valence-corrected chi connectivity index (χ2v) is 6.75. The summed E-state index contributed by atoms with van der Waals surface area (Å²) < 4.78 is 5.01. The van der Waals surface area contributed by atoms with Crippen LogP contribution in [-0.4, -0.2) is 33.0 Å². The first-order valence-corrected chi connectivity index (χ1v) is 8.94. The van der Waals surface area contributed by atoms with Crippen molar-refractivity contribution in [3.8, 4) is 11.5 Å². The summed E-state index contributed by atoms with van der Waals surface area (Å²) in [5.41, 5.74) is 4.80. The third-order valence-electron chi connectivity index (χ3n) is 4.52. The molecule has 1 atom stereocenters. The van der Waals surface area contributed by atoms with Crippen molar-refractivity contribution in [1.29, 1.82) is 0 Å². The van der Waals surface area contributed by atoms with Gasteiger partial charge < -0.3 is 25.7 Å². The van der Waals surface area contributed by atoms with E-state index < -0.39 is 39.8 Å². The number of carbonyl (C=O) groups excluding carboxylic acids is 2. The highest BCUT2D eigenvalue weighted by atomic mass is 16.6. The van der Waals surface area contributed by atoms with Gasteiger partial charge in [0.15, 0.2) is 5.75 Å². The highest BCUT2D eigenvalue weighted by Crippen LogP contribution is 2.27. The smallest absolute Gasteiger partial charge is 0.336 e. The zero-order valence-corrected chi connectivity index (χ0v) is 15.9. The number of aromatic hydroxyl groups is 2. The van der Waals surface area contributed by atoms with Crippen molar-refractivity contribution in [1.82, 2.24) is 5.32 Å². The van der Waals surface area contributed by atoms with Gasteiger partial charge in [0.05, 0.1) is 11.3 Å². The third-order valence-corrected chi connectivity index (χ3v) is 4.52. The van der Waals surface area contributed by atoms with E-state index in [2.05, 4.69) is 5.32 Å². The first-order valence-electron chi connectivity index (χ1n) is 8.94. The monoisotopic (exact) mass is 427 g/mol. The van der Waals surface area contributed by atoms with Crippen molar-refractivity contribution >= 4 is 28.5 Å². The summed E-state index contributed by atoms with van der Waals surface area (Å²) >= 11 is 0. The van der Waals surface area contributed by atoms with E-state index in [1.165, 1.54) is 24.3 Å². The topological polar surface area (TPSA) is 186 Å². The van der Waals surface area contributed by atoms with Crippen molar-refractivity contribution in [2.45, 2.75) is 18.9 Å². The number of primary amides is 1. The normalized spacial score (nSPS) is 11.7. The van der Waals surface area contributed by atoms with E-state index in [0.717, 1.165) is 18.2 Å². The number of nitrogens with two attached hydrogens (primary N) is 1. The van der Waals surface area contributed by atoms with Gasteiger partial charge in [-0.25, -0.2) is 4.79 Å². The number of nitro groups is 1. The molecule has 0 saturated carbocycles. The maximum Gasteiger partial charge on any atom is 0.336 e. The molecular weight excluding hydrogens is 410 g/mol. The highest BCUT2D eigenvalue weighted by molar-refractivity contribution is 5.91. The molecule has 1 aromatic heterocycles. The van der Waals surface area contributed by atoms with Gasteiger partial charge in [0.2, 0.25) is 11.8 Å². The van der Waals surface area contributed by atoms with E-state index in [1.807, 2.05) is 0 Å². The average molecular weight is 427 g/mol. The van der Waals surface area contributed by atoms with Crippen LogP contribution < -0.4 is 16.7 Å². The Morgan fingerprint density at radius 3 is 2.58 bits per heavy atom. The predicted octanol–water partition coefficient (Wildman–Crippen LogP) is 0.868. The Morgan fingerprint density at radius 2 is 1.90 bits per heavy atom. The molecule has 11 heteroatoms. The van der Waals surface area contributed by atoms with Crippen LogP contribution in [0.4, 0.5) is 5.69 Å². The molecule has 0 bridgehead atoms. The second kappa shape index (κ2) is 8.53. The van der Waals surface area contributed by atoms with Crippen molar-refractivity contribution in [2.75, 3.05) is 0 Å². The number of nitrogens with one attached hydrogen (secondary N) is 1. The lowest BCUT2D eigenvalue weighted by Gasteiger charge is -2.16. The molecule has 31 heavy (non-hydrogen) atoms. The summed E-state index contributed by atoms with van der Waals surface area (Å²) in [6.45, 7) is 0. The van der Waals surface area contributed by atoms with Gasteiger partial charge in [-0.2, -0.15) is 0 Å². The standard InChI is InChI=1S/C20H17N3O8/c21-20(28)14(5-10-1-4-16(25)15(6-10)23(29)30)22-18(26)7-11-8-19(27)31-17-9-12(24)2-3-13(11)17/h1-4,6,8-9,14,24-25H,5,7H2,(H2,21,28)(H,22,26). The number of phenols is 2. The molecule has 1 heterocycles. The van der Waals surface area contributed by atoms with E-state index in [1.54, 1.807) is 0 Å². The van der Waals surface area contributed by atoms with Gasteiger partial charge >= 0.3 is 11.3 Å². The van der Waals surface area contributed by atoms with E-state index in [0.29, 0.717) is 16.5 Å². The fourth-order valence-corrected chi connectivity index (χ4v) is 3.08. The van der Waals surface area contributed by atoms with Crippen molar-refractivity contribution in [2.24, 2.45) is 5.73 Å². The van der Waals surface area contributed by atoms with Gasteiger partial charge in [0, 0.05) is 30.0 Å². The van der Waals surface area contributed by atoms with Crippen molar-refractivity contribution in [3.63, 3.8) is 0 Å². The summed E-state index contributed by atoms with van der Waals surface area (Å²) in [5, 5.41) is 32.9. The minimum Gasteiger partial charge on any atom is -0.508 e. The molecule has 3 rings (SSSR count). The Bertz CT molecular complexity index is 1250. The van der Waals surface area contributed by atoms with Crippen LogP contribution >= 0.6 is 0 Å². The average Bonchev–Trinajstić information content (AvgIpc) is 2.67. The molecule has 0 radical (unpaired) electrons. The molecular formula is C20H17N3O8. The molecule has 2 amide bonds. The van der Waals surface area contributed by atoms with Crippen LogP contribution in [0.25, 0.3) is 11.0 Å². The number of hydrogen-bond donors (Lipinski definition) is 4. The molecule has 5 N–H and O–H groups in total. The number of fused-ring (bicyclic) bond motifs is 1. The quantitative estimate of drug-likeness (QED) is 0.243. The molecule has 11 nitrogen and oxygen atoms in total. The molecule has 1 unspecified atom stereocenters. The Hall–Kier alpha value is -4.41. The van der Waals surface area contributed by atoms with Crippen molar-refractivity contribution in [3.05, 3.63) is 74.1 Å². The maximum atomic E-state index is 12.5. The Morgan fingerprint density at radius 1 is 1.16 bits per heavy atom. The zero-order chi connectivity index (χ0) is 22.7. The number of nitro benzene ring substituents is 1. The summed E-state index contributed by atoms with van der Waals surface area (Å²) in [6, 6.07) is 7.59. The van der Waals surface area contributed by atoms with Crippen LogP contribution in [-0.2, 0) is 22.4 Å². The van der Waals surface area contributed by atoms with Crippen LogP contribution in [0.5, 0.6) is 11.5 Å². The van der Waals surface area contributed by atoms with Gasteiger partial charge in [-0.1, -0.05) is 6.07 Å². The molecule has 0 spiro atoms. The number of rotatable bonds is 7. The van der Waals surface area contributed by atoms with Crippen LogP contribution in [0, 0.1) is 10.1 Å². The molecule has 160 valence electrons. The second-order valence-electron chi connectivity index (χ2n) is 6.75. The first-order chi connectivity index (χ1) is 14.6. The van der Waals surface area contributed by atoms with Gasteiger partial charge in [-0.15, -0.1) is 0 Å². The summed E-state index contributed by atoms with van der Waals surface area (Å²) in [7, 11) is 0. The number of carbonyl (C=O) groups is 2. The number of amides is 2. The SMILES string of the molecule is NC(=O)C(Cc1ccc(O)c([N+](=O)[O-])c1)NC(=O)Cc1cc(=O)oc2cc(O)ccc12. The lowest BCUT2D eigenvalue weighted by molar-refractivity contribution is -0.385. The zero-order valence-electron chi connectivity index (χ0n) is 15.9. The lowest BCUT2D eigenvalue weighted by Crippen LogP contribution is -2.46. The van der Waals surface area contributed by atoms with E-state index in [4.69, 9.17) is 10.2 Å². The largest absolute Gasteiger partial charge is 0.508 e. The van der Waals surface area contributed by atoms with E-state index in [9.17, 15) is 34.7 Å². The minimum absolute atomic E-state index is 0.0955. The van der Waals surface area contributed by atoms with Crippen LogP contribution in [0.2, 0.25) is 0 Å².